The van der Waals surface area contributed by atoms with E-state index in [0.29, 0.717) is 21.9 Å². The Kier molecular flexibility index (Phi) is 5.53. The average molecular weight is 391 g/mol. The first-order valence-electron chi connectivity index (χ1n) is 10.1. The van der Waals surface area contributed by atoms with Gasteiger partial charge in [-0.1, -0.05) is 51.1 Å². The minimum absolute atomic E-state index is 0.0126. The minimum atomic E-state index is -0.439. The molecule has 0 bridgehead atoms. The van der Waals surface area contributed by atoms with E-state index in [1.54, 1.807) is 13.0 Å². The molecule has 1 aromatic heterocycles. The standard InChI is InChI=1S/C26H30O3/c1-17(2)25(4,5)16-26(6,18(3)27)14-13-19-11-12-23-21(15-19)24(28)20-9-7-8-10-22(20)29-23/h7-12,15H,1,13-14,16H2,2-6H3. The molecule has 3 heteroatoms. The summed E-state index contributed by atoms with van der Waals surface area (Å²) in [5, 5.41) is 1.18. The SMILES string of the molecule is C=C(C)C(C)(C)CC(C)(CCc1ccc2oc3ccccc3c(=O)c2c1)C(C)=O. The Bertz CT molecular complexity index is 1150. The van der Waals surface area contributed by atoms with Crippen LogP contribution >= 0.6 is 0 Å². The van der Waals surface area contributed by atoms with E-state index in [0.717, 1.165) is 30.4 Å². The van der Waals surface area contributed by atoms with Crippen LogP contribution in [0.5, 0.6) is 0 Å². The Morgan fingerprint density at radius 3 is 2.31 bits per heavy atom. The van der Waals surface area contributed by atoms with Crippen LogP contribution in [0.1, 0.15) is 53.0 Å². The second kappa shape index (κ2) is 7.62. The van der Waals surface area contributed by atoms with Crippen LogP contribution in [0.15, 0.2) is 63.8 Å². The Balaban J connectivity index is 1.92. The third-order valence-corrected chi connectivity index (χ3v) is 6.44. The van der Waals surface area contributed by atoms with E-state index in [1.165, 1.54) is 0 Å². The highest BCUT2D eigenvalue weighted by Gasteiger charge is 2.36. The van der Waals surface area contributed by atoms with Crippen LogP contribution in [0.3, 0.4) is 0 Å². The first-order valence-corrected chi connectivity index (χ1v) is 10.1. The fourth-order valence-electron chi connectivity index (χ4n) is 3.94. The smallest absolute Gasteiger partial charge is 0.200 e. The molecule has 1 atom stereocenters. The highest BCUT2D eigenvalue weighted by Crippen LogP contribution is 2.41. The summed E-state index contributed by atoms with van der Waals surface area (Å²) in [7, 11) is 0. The van der Waals surface area contributed by atoms with Gasteiger partial charge in [0.1, 0.15) is 16.9 Å². The number of carbonyl (C=O) groups is 1. The summed E-state index contributed by atoms with van der Waals surface area (Å²) < 4.78 is 5.89. The molecule has 0 aliphatic heterocycles. The summed E-state index contributed by atoms with van der Waals surface area (Å²) in [5.41, 5.74) is 2.76. The van der Waals surface area contributed by atoms with Crippen molar-refractivity contribution in [1.82, 2.24) is 0 Å². The molecule has 0 spiro atoms. The number of hydrogen-bond donors (Lipinski definition) is 0. The van der Waals surface area contributed by atoms with Crippen LogP contribution in [0.2, 0.25) is 0 Å². The number of allylic oxidation sites excluding steroid dienone is 1. The molecular weight excluding hydrogens is 360 g/mol. The van der Waals surface area contributed by atoms with Crippen molar-refractivity contribution in [1.29, 1.82) is 0 Å². The van der Waals surface area contributed by atoms with Crippen LogP contribution < -0.4 is 5.43 Å². The average Bonchev–Trinajstić information content (AvgIpc) is 2.66. The molecule has 152 valence electrons. The van der Waals surface area contributed by atoms with E-state index >= 15 is 0 Å². The normalized spacial score (nSPS) is 14.1. The minimum Gasteiger partial charge on any atom is -0.456 e. The molecule has 0 saturated carbocycles. The predicted octanol–water partition coefficient (Wildman–Crippen LogP) is 6.47. The number of hydrogen-bond acceptors (Lipinski definition) is 3. The molecule has 3 nitrogen and oxygen atoms in total. The van der Waals surface area contributed by atoms with Crippen LogP contribution in [-0.2, 0) is 11.2 Å². The summed E-state index contributed by atoms with van der Waals surface area (Å²) in [6, 6.07) is 13.1. The Morgan fingerprint density at radius 2 is 1.66 bits per heavy atom. The van der Waals surface area contributed by atoms with Crippen LogP contribution in [0.25, 0.3) is 21.9 Å². The van der Waals surface area contributed by atoms with Crippen LogP contribution in [0.4, 0.5) is 0 Å². The van der Waals surface area contributed by atoms with Crippen molar-refractivity contribution in [3.8, 4) is 0 Å². The first-order chi connectivity index (χ1) is 13.5. The lowest BCUT2D eigenvalue weighted by Crippen LogP contribution is -2.33. The number of Topliss-reactive ketones (excluding diaryl/α,β-unsaturated/α-hetero) is 1. The van der Waals surface area contributed by atoms with E-state index in [9.17, 15) is 9.59 Å². The van der Waals surface area contributed by atoms with E-state index in [1.807, 2.05) is 50.2 Å². The number of fused-ring (bicyclic) bond motifs is 2. The number of para-hydroxylation sites is 1. The van der Waals surface area contributed by atoms with Gasteiger partial charge in [0.05, 0.1) is 10.8 Å². The van der Waals surface area contributed by atoms with Crippen molar-refractivity contribution in [2.45, 2.75) is 53.9 Å². The van der Waals surface area contributed by atoms with E-state index < -0.39 is 5.41 Å². The molecule has 1 unspecified atom stereocenters. The van der Waals surface area contributed by atoms with Crippen molar-refractivity contribution in [3.63, 3.8) is 0 Å². The molecule has 0 saturated heterocycles. The fraction of sp³-hybridized carbons (Fsp3) is 0.385. The second-order valence-corrected chi connectivity index (χ2v) is 9.22. The molecule has 0 fully saturated rings. The lowest BCUT2D eigenvalue weighted by molar-refractivity contribution is -0.127. The van der Waals surface area contributed by atoms with Gasteiger partial charge in [-0.05, 0) is 68.4 Å². The van der Waals surface area contributed by atoms with Gasteiger partial charge in [0, 0.05) is 5.41 Å². The quantitative estimate of drug-likeness (QED) is 0.343. The van der Waals surface area contributed by atoms with Gasteiger partial charge >= 0.3 is 0 Å². The van der Waals surface area contributed by atoms with Crippen LogP contribution in [-0.4, -0.2) is 5.78 Å². The Morgan fingerprint density at radius 1 is 1.00 bits per heavy atom. The van der Waals surface area contributed by atoms with Crippen molar-refractivity contribution >= 4 is 27.7 Å². The highest BCUT2D eigenvalue weighted by molar-refractivity contribution is 5.89. The molecule has 0 amide bonds. The summed E-state index contributed by atoms with van der Waals surface area (Å²) in [5.74, 6) is 0.193. The molecule has 0 aliphatic carbocycles. The first kappa shape index (κ1) is 21.0. The monoisotopic (exact) mass is 390 g/mol. The van der Waals surface area contributed by atoms with Gasteiger partial charge in [-0.2, -0.15) is 0 Å². The summed E-state index contributed by atoms with van der Waals surface area (Å²) in [4.78, 5) is 25.4. The number of rotatable bonds is 7. The second-order valence-electron chi connectivity index (χ2n) is 9.22. The van der Waals surface area contributed by atoms with Crippen LogP contribution in [0, 0.1) is 10.8 Å². The Hall–Kier alpha value is -2.68. The van der Waals surface area contributed by atoms with E-state index in [-0.39, 0.29) is 16.6 Å². The number of ketones is 1. The maximum absolute atomic E-state index is 12.9. The number of benzene rings is 2. The van der Waals surface area contributed by atoms with Crippen molar-refractivity contribution in [2.75, 3.05) is 0 Å². The Labute approximate surface area is 172 Å². The molecular formula is C26H30O3. The van der Waals surface area contributed by atoms with Crippen molar-refractivity contribution < 1.29 is 9.21 Å². The van der Waals surface area contributed by atoms with Gasteiger partial charge in [0.2, 0.25) is 5.43 Å². The zero-order chi connectivity index (χ0) is 21.4. The van der Waals surface area contributed by atoms with Gasteiger partial charge in [-0.3, -0.25) is 9.59 Å². The third-order valence-electron chi connectivity index (χ3n) is 6.44. The topological polar surface area (TPSA) is 47.3 Å². The maximum atomic E-state index is 12.9. The molecule has 0 aliphatic rings. The molecule has 0 radical (unpaired) electrons. The van der Waals surface area contributed by atoms with Crippen molar-refractivity contribution in [2.24, 2.45) is 10.8 Å². The third kappa shape index (κ3) is 4.19. The largest absolute Gasteiger partial charge is 0.456 e. The van der Waals surface area contributed by atoms with Gasteiger partial charge in [-0.15, -0.1) is 0 Å². The molecule has 0 N–H and O–H groups in total. The summed E-state index contributed by atoms with van der Waals surface area (Å²) >= 11 is 0. The maximum Gasteiger partial charge on any atom is 0.200 e. The molecule has 3 aromatic rings. The zero-order valence-corrected chi connectivity index (χ0v) is 18.1. The molecule has 1 heterocycles. The highest BCUT2D eigenvalue weighted by atomic mass is 16.3. The molecule has 2 aromatic carbocycles. The summed E-state index contributed by atoms with van der Waals surface area (Å²) in [6.07, 6.45) is 2.21. The fourth-order valence-corrected chi connectivity index (χ4v) is 3.94. The number of aryl methyl sites for hydroxylation is 1. The molecule has 29 heavy (non-hydrogen) atoms. The summed E-state index contributed by atoms with van der Waals surface area (Å²) in [6.45, 7) is 14.1. The molecule has 3 rings (SSSR count). The van der Waals surface area contributed by atoms with E-state index in [2.05, 4.69) is 20.4 Å². The predicted molar refractivity (Wildman–Crippen MR) is 120 cm³/mol. The zero-order valence-electron chi connectivity index (χ0n) is 18.1. The van der Waals surface area contributed by atoms with Gasteiger partial charge in [-0.25, -0.2) is 0 Å². The van der Waals surface area contributed by atoms with Crippen molar-refractivity contribution in [3.05, 3.63) is 70.4 Å². The van der Waals surface area contributed by atoms with E-state index in [4.69, 9.17) is 4.42 Å². The lowest BCUT2D eigenvalue weighted by Gasteiger charge is -2.36. The van der Waals surface area contributed by atoms with Gasteiger partial charge in [0.15, 0.2) is 0 Å². The van der Waals surface area contributed by atoms with Gasteiger partial charge < -0.3 is 4.42 Å². The number of carbonyl (C=O) groups excluding carboxylic acids is 1. The van der Waals surface area contributed by atoms with Gasteiger partial charge in [0.25, 0.3) is 0 Å². The lowest BCUT2D eigenvalue weighted by atomic mass is 9.67.